The summed E-state index contributed by atoms with van der Waals surface area (Å²) in [7, 11) is 0. The number of nitrogens with zero attached hydrogens (tertiary/aromatic N) is 4. The molecule has 0 aliphatic carbocycles. The van der Waals surface area contributed by atoms with Crippen LogP contribution in [0.25, 0.3) is 10.8 Å². The predicted octanol–water partition coefficient (Wildman–Crippen LogP) is 4.08. The molecule has 4 nitrogen and oxygen atoms in total. The summed E-state index contributed by atoms with van der Waals surface area (Å²) in [4.78, 5) is 15.5. The largest absolute Gasteiger partial charge is 0.290 e. The fourth-order valence-corrected chi connectivity index (χ4v) is 3.96. The Morgan fingerprint density at radius 3 is 2.92 bits per heavy atom. The lowest BCUT2D eigenvalue weighted by Crippen LogP contribution is -2.23. The first-order chi connectivity index (χ1) is 11.8. The maximum absolute atomic E-state index is 13.5. The van der Waals surface area contributed by atoms with Crippen LogP contribution in [-0.2, 0) is 6.54 Å². The third kappa shape index (κ3) is 3.20. The molecule has 0 radical (unpaired) electrons. The molecule has 0 unspecified atom stereocenters. The van der Waals surface area contributed by atoms with Crippen LogP contribution in [0.1, 0.15) is 30.1 Å². The van der Waals surface area contributed by atoms with Crippen molar-refractivity contribution in [1.82, 2.24) is 19.9 Å². The van der Waals surface area contributed by atoms with Gasteiger partial charge < -0.3 is 0 Å². The Morgan fingerprint density at radius 2 is 2.08 bits per heavy atom. The summed E-state index contributed by atoms with van der Waals surface area (Å²) in [5, 5.41) is 2.90. The number of halogens is 1. The molecular formula is C18H17FN4S. The number of aromatic nitrogens is 3. The zero-order valence-electron chi connectivity index (χ0n) is 13.1. The number of hydrogen-bond acceptors (Lipinski definition) is 5. The van der Waals surface area contributed by atoms with Crippen molar-refractivity contribution in [3.63, 3.8) is 0 Å². The number of benzene rings is 1. The van der Waals surface area contributed by atoms with Gasteiger partial charge in [-0.15, -0.1) is 11.3 Å². The molecule has 1 aliphatic rings. The van der Waals surface area contributed by atoms with Crippen molar-refractivity contribution >= 4 is 11.3 Å². The van der Waals surface area contributed by atoms with Crippen molar-refractivity contribution in [3.05, 3.63) is 65.2 Å². The van der Waals surface area contributed by atoms with Gasteiger partial charge in [0.15, 0.2) is 10.8 Å². The first kappa shape index (κ1) is 15.4. The summed E-state index contributed by atoms with van der Waals surface area (Å²) < 4.78 is 13.5. The topological polar surface area (TPSA) is 41.9 Å². The summed E-state index contributed by atoms with van der Waals surface area (Å²) in [6.45, 7) is 1.78. The number of likely N-dealkylation sites (tertiary alicyclic amines) is 1. The fourth-order valence-electron chi connectivity index (χ4n) is 3.21. The van der Waals surface area contributed by atoms with E-state index in [0.717, 1.165) is 42.2 Å². The standard InChI is InChI=1S/C18H17FN4S/c19-14-5-1-4-13(10-14)16-6-2-9-23(16)11-15-12-24-18(22-15)17-20-7-3-8-21-17/h1,3-5,7-8,10,12,16H,2,6,9,11H2/t16-/m1/s1. The normalized spacial score (nSPS) is 18.1. The Kier molecular flexibility index (Phi) is 4.32. The maximum atomic E-state index is 13.5. The Labute approximate surface area is 144 Å². The maximum Gasteiger partial charge on any atom is 0.188 e. The predicted molar refractivity (Wildman–Crippen MR) is 91.9 cm³/mol. The van der Waals surface area contributed by atoms with E-state index >= 15 is 0 Å². The van der Waals surface area contributed by atoms with E-state index in [-0.39, 0.29) is 11.9 Å². The molecular weight excluding hydrogens is 323 g/mol. The van der Waals surface area contributed by atoms with E-state index in [1.807, 2.05) is 6.07 Å². The minimum absolute atomic E-state index is 0.170. The highest BCUT2D eigenvalue weighted by atomic mass is 32.1. The summed E-state index contributed by atoms with van der Waals surface area (Å²) in [6.07, 6.45) is 5.63. The van der Waals surface area contributed by atoms with Crippen LogP contribution in [-0.4, -0.2) is 26.4 Å². The van der Waals surface area contributed by atoms with Gasteiger partial charge in [-0.25, -0.2) is 19.3 Å². The lowest BCUT2D eigenvalue weighted by molar-refractivity contribution is 0.245. The molecule has 0 saturated carbocycles. The Bertz CT molecular complexity index is 821. The van der Waals surface area contributed by atoms with Crippen molar-refractivity contribution in [2.75, 3.05) is 6.54 Å². The Morgan fingerprint density at radius 1 is 1.21 bits per heavy atom. The molecule has 0 bridgehead atoms. The van der Waals surface area contributed by atoms with E-state index in [1.165, 1.54) is 6.07 Å². The van der Waals surface area contributed by atoms with Gasteiger partial charge in [-0.3, -0.25) is 4.90 Å². The Balaban J connectivity index is 1.51. The van der Waals surface area contributed by atoms with Crippen LogP contribution in [0.3, 0.4) is 0 Å². The lowest BCUT2D eigenvalue weighted by atomic mass is 10.0. The smallest absolute Gasteiger partial charge is 0.188 e. The third-order valence-electron chi connectivity index (χ3n) is 4.27. The van der Waals surface area contributed by atoms with E-state index in [1.54, 1.807) is 41.9 Å². The zero-order valence-corrected chi connectivity index (χ0v) is 13.9. The molecule has 0 N–H and O–H groups in total. The molecule has 0 amide bonds. The van der Waals surface area contributed by atoms with Gasteiger partial charge in [-0.05, 0) is 43.1 Å². The van der Waals surface area contributed by atoms with Crippen LogP contribution in [0.5, 0.6) is 0 Å². The fraction of sp³-hybridized carbons (Fsp3) is 0.278. The van der Waals surface area contributed by atoms with Crippen LogP contribution in [0.2, 0.25) is 0 Å². The van der Waals surface area contributed by atoms with Gasteiger partial charge in [0.05, 0.1) is 5.69 Å². The molecule has 0 spiro atoms. The van der Waals surface area contributed by atoms with Crippen molar-refractivity contribution < 1.29 is 4.39 Å². The SMILES string of the molecule is Fc1cccc([C@H]2CCCN2Cc2csc(-c3ncccn3)n2)c1. The van der Waals surface area contributed by atoms with Gasteiger partial charge in [0, 0.05) is 30.4 Å². The molecule has 24 heavy (non-hydrogen) atoms. The van der Waals surface area contributed by atoms with E-state index in [2.05, 4.69) is 25.2 Å². The number of hydrogen-bond donors (Lipinski definition) is 0. The monoisotopic (exact) mass is 340 g/mol. The van der Waals surface area contributed by atoms with Gasteiger partial charge in [0.25, 0.3) is 0 Å². The van der Waals surface area contributed by atoms with Gasteiger partial charge in [-0.2, -0.15) is 0 Å². The second-order valence-electron chi connectivity index (χ2n) is 5.90. The molecule has 6 heteroatoms. The lowest BCUT2D eigenvalue weighted by Gasteiger charge is -2.24. The molecule has 1 aromatic carbocycles. The van der Waals surface area contributed by atoms with Crippen molar-refractivity contribution in [2.24, 2.45) is 0 Å². The molecule has 1 aliphatic heterocycles. The highest BCUT2D eigenvalue weighted by Crippen LogP contribution is 2.33. The average molecular weight is 340 g/mol. The number of thiazole rings is 1. The second kappa shape index (κ2) is 6.75. The molecule has 4 rings (SSSR count). The zero-order chi connectivity index (χ0) is 16.4. The average Bonchev–Trinajstić information content (AvgIpc) is 3.26. The molecule has 1 fully saturated rings. The minimum atomic E-state index is -0.170. The van der Waals surface area contributed by atoms with Crippen LogP contribution < -0.4 is 0 Å². The highest BCUT2D eigenvalue weighted by Gasteiger charge is 2.26. The molecule has 1 saturated heterocycles. The summed E-state index contributed by atoms with van der Waals surface area (Å²) in [5.41, 5.74) is 2.07. The van der Waals surface area contributed by atoms with E-state index in [0.29, 0.717) is 5.82 Å². The molecule has 3 aromatic rings. The third-order valence-corrected chi connectivity index (χ3v) is 5.16. The van der Waals surface area contributed by atoms with Gasteiger partial charge >= 0.3 is 0 Å². The molecule has 3 heterocycles. The molecule has 1 atom stereocenters. The van der Waals surface area contributed by atoms with Crippen LogP contribution in [0, 0.1) is 5.82 Å². The van der Waals surface area contributed by atoms with Crippen LogP contribution in [0.15, 0.2) is 48.1 Å². The van der Waals surface area contributed by atoms with Crippen molar-refractivity contribution in [1.29, 1.82) is 0 Å². The van der Waals surface area contributed by atoms with Crippen LogP contribution in [0.4, 0.5) is 4.39 Å². The minimum Gasteiger partial charge on any atom is -0.290 e. The van der Waals surface area contributed by atoms with Gasteiger partial charge in [-0.1, -0.05) is 12.1 Å². The van der Waals surface area contributed by atoms with Gasteiger partial charge in [0.1, 0.15) is 5.82 Å². The summed E-state index contributed by atoms with van der Waals surface area (Å²) in [5.74, 6) is 0.494. The summed E-state index contributed by atoms with van der Waals surface area (Å²) in [6, 6.07) is 9.00. The van der Waals surface area contributed by atoms with Crippen molar-refractivity contribution in [3.8, 4) is 10.8 Å². The van der Waals surface area contributed by atoms with E-state index < -0.39 is 0 Å². The van der Waals surface area contributed by atoms with Crippen molar-refractivity contribution in [2.45, 2.75) is 25.4 Å². The molecule has 122 valence electrons. The van der Waals surface area contributed by atoms with E-state index in [4.69, 9.17) is 0 Å². The first-order valence-electron chi connectivity index (χ1n) is 8.01. The Hall–Kier alpha value is -2.18. The second-order valence-corrected chi connectivity index (χ2v) is 6.76. The highest BCUT2D eigenvalue weighted by molar-refractivity contribution is 7.13. The summed E-state index contributed by atoms with van der Waals surface area (Å²) >= 11 is 1.56. The van der Waals surface area contributed by atoms with Crippen LogP contribution >= 0.6 is 11.3 Å². The quantitative estimate of drug-likeness (QED) is 0.718. The van der Waals surface area contributed by atoms with E-state index in [9.17, 15) is 4.39 Å². The molecule has 2 aromatic heterocycles. The number of rotatable bonds is 4. The first-order valence-corrected chi connectivity index (χ1v) is 8.89. The van der Waals surface area contributed by atoms with Gasteiger partial charge in [0.2, 0.25) is 0 Å².